The van der Waals surface area contributed by atoms with Crippen molar-refractivity contribution in [2.45, 2.75) is 26.3 Å². The fourth-order valence-electron chi connectivity index (χ4n) is 2.91. The molecule has 3 rings (SSSR count). The average molecular weight is 271 g/mol. The summed E-state index contributed by atoms with van der Waals surface area (Å²) >= 11 is 0. The lowest BCUT2D eigenvalue weighted by atomic mass is 10.0. The van der Waals surface area contributed by atoms with Crippen LogP contribution in [0.5, 0.6) is 0 Å². The van der Waals surface area contributed by atoms with Gasteiger partial charge in [0.25, 0.3) is 0 Å². The minimum absolute atomic E-state index is 0.434. The van der Waals surface area contributed by atoms with Crippen LogP contribution in [0.3, 0.4) is 0 Å². The molecule has 0 saturated carbocycles. The molecule has 1 aliphatic rings. The maximum absolute atomic E-state index is 6.09. The molecule has 106 valence electrons. The number of fused-ring (bicyclic) bond motifs is 1. The highest BCUT2D eigenvalue weighted by Crippen LogP contribution is 2.33. The molecule has 1 fully saturated rings. The summed E-state index contributed by atoms with van der Waals surface area (Å²) in [4.78, 5) is 6.82. The van der Waals surface area contributed by atoms with Crippen molar-refractivity contribution in [2.24, 2.45) is 0 Å². The summed E-state index contributed by atoms with van der Waals surface area (Å²) < 4.78 is 5.61. The Morgan fingerprint density at radius 3 is 3.05 bits per heavy atom. The number of nitrogens with zero attached hydrogens (tertiary/aromatic N) is 2. The Balaban J connectivity index is 2.15. The van der Waals surface area contributed by atoms with Gasteiger partial charge in [-0.25, -0.2) is 0 Å². The van der Waals surface area contributed by atoms with E-state index in [9.17, 15) is 0 Å². The van der Waals surface area contributed by atoms with Gasteiger partial charge < -0.3 is 15.4 Å². The molecule has 0 aliphatic carbocycles. The van der Waals surface area contributed by atoms with Crippen LogP contribution in [0.25, 0.3) is 10.8 Å². The molecule has 1 saturated heterocycles. The van der Waals surface area contributed by atoms with E-state index in [0.29, 0.717) is 6.04 Å². The van der Waals surface area contributed by atoms with Crippen LogP contribution in [-0.4, -0.2) is 30.8 Å². The summed E-state index contributed by atoms with van der Waals surface area (Å²) in [5, 5.41) is 2.23. The maximum Gasteiger partial charge on any atom is 0.0670 e. The second-order valence-corrected chi connectivity index (χ2v) is 5.38. The number of aryl methyl sites for hydroxylation is 1. The molecule has 20 heavy (non-hydrogen) atoms. The largest absolute Gasteiger partial charge is 0.398 e. The lowest BCUT2D eigenvalue weighted by Crippen LogP contribution is -2.45. The first kappa shape index (κ1) is 13.2. The van der Waals surface area contributed by atoms with Crippen LogP contribution in [0, 0.1) is 6.92 Å². The van der Waals surface area contributed by atoms with Gasteiger partial charge in [0, 0.05) is 40.6 Å². The molecule has 1 aliphatic heterocycles. The molecule has 2 heterocycles. The number of hydrogen-bond acceptors (Lipinski definition) is 4. The Kier molecular flexibility index (Phi) is 3.49. The van der Waals surface area contributed by atoms with Gasteiger partial charge in [0.15, 0.2) is 0 Å². The standard InChI is InChI=1S/C16H21N3O/c1-3-12-10-20-7-6-19(12)16-5-4-15(17)14-9-18-11(2)8-13(14)16/h4-5,8-9,12H,3,6-7,10,17H2,1-2H3. The van der Waals surface area contributed by atoms with Crippen molar-refractivity contribution >= 4 is 22.1 Å². The first-order valence-electron chi connectivity index (χ1n) is 7.20. The van der Waals surface area contributed by atoms with Gasteiger partial charge in [-0.1, -0.05) is 6.92 Å². The third-order valence-corrected chi connectivity index (χ3v) is 4.06. The van der Waals surface area contributed by atoms with Crippen LogP contribution in [-0.2, 0) is 4.74 Å². The van der Waals surface area contributed by atoms with Crippen LogP contribution in [0.15, 0.2) is 24.4 Å². The second kappa shape index (κ2) is 5.29. The molecule has 0 radical (unpaired) electrons. The highest BCUT2D eigenvalue weighted by atomic mass is 16.5. The molecule has 0 bridgehead atoms. The van der Waals surface area contributed by atoms with Crippen molar-refractivity contribution in [3.8, 4) is 0 Å². The van der Waals surface area contributed by atoms with Gasteiger partial charge in [0.2, 0.25) is 0 Å². The number of hydrogen-bond donors (Lipinski definition) is 1. The molecule has 1 aromatic heterocycles. The van der Waals surface area contributed by atoms with E-state index in [-0.39, 0.29) is 0 Å². The van der Waals surface area contributed by atoms with Crippen LogP contribution in [0.1, 0.15) is 19.0 Å². The minimum Gasteiger partial charge on any atom is -0.398 e. The van der Waals surface area contributed by atoms with Crippen molar-refractivity contribution in [3.05, 3.63) is 30.1 Å². The van der Waals surface area contributed by atoms with Gasteiger partial charge >= 0.3 is 0 Å². The molecular weight excluding hydrogens is 250 g/mol. The van der Waals surface area contributed by atoms with Crippen LogP contribution >= 0.6 is 0 Å². The second-order valence-electron chi connectivity index (χ2n) is 5.38. The molecule has 4 heteroatoms. The Morgan fingerprint density at radius 1 is 1.40 bits per heavy atom. The van der Waals surface area contributed by atoms with Crippen LogP contribution < -0.4 is 10.6 Å². The first-order valence-corrected chi connectivity index (χ1v) is 7.20. The molecule has 0 amide bonds. The van der Waals surface area contributed by atoms with E-state index < -0.39 is 0 Å². The predicted molar refractivity (Wildman–Crippen MR) is 83.1 cm³/mol. The molecular formula is C16H21N3O. The number of aromatic nitrogens is 1. The van der Waals surface area contributed by atoms with E-state index in [1.165, 1.54) is 11.1 Å². The zero-order valence-corrected chi connectivity index (χ0v) is 12.1. The van der Waals surface area contributed by atoms with Crippen molar-refractivity contribution in [1.82, 2.24) is 4.98 Å². The van der Waals surface area contributed by atoms with Gasteiger partial charge in [-0.15, -0.1) is 0 Å². The van der Waals surface area contributed by atoms with E-state index in [4.69, 9.17) is 10.5 Å². The summed E-state index contributed by atoms with van der Waals surface area (Å²) in [5.41, 5.74) is 9.14. The van der Waals surface area contributed by atoms with Crippen LogP contribution in [0.4, 0.5) is 11.4 Å². The first-order chi connectivity index (χ1) is 9.70. The average Bonchev–Trinajstić information content (AvgIpc) is 2.47. The SMILES string of the molecule is CCC1COCCN1c1ccc(N)c2cnc(C)cc12. The number of nitrogens with two attached hydrogens (primary N) is 1. The van der Waals surface area contributed by atoms with Crippen molar-refractivity contribution in [3.63, 3.8) is 0 Å². The number of rotatable bonds is 2. The Bertz CT molecular complexity index is 626. The number of benzene rings is 1. The Hall–Kier alpha value is -1.81. The van der Waals surface area contributed by atoms with E-state index in [2.05, 4.69) is 28.9 Å². The van der Waals surface area contributed by atoms with Gasteiger partial charge in [0.05, 0.1) is 19.3 Å². The topological polar surface area (TPSA) is 51.4 Å². The summed E-state index contributed by atoms with van der Waals surface area (Å²) in [6.07, 6.45) is 2.96. The summed E-state index contributed by atoms with van der Waals surface area (Å²) in [7, 11) is 0. The van der Waals surface area contributed by atoms with E-state index in [1.54, 1.807) is 0 Å². The fourth-order valence-corrected chi connectivity index (χ4v) is 2.91. The summed E-state index contributed by atoms with van der Waals surface area (Å²) in [6, 6.07) is 6.68. The van der Waals surface area contributed by atoms with Crippen molar-refractivity contribution < 1.29 is 4.74 Å². The quantitative estimate of drug-likeness (QED) is 0.853. The van der Waals surface area contributed by atoms with Crippen molar-refractivity contribution in [2.75, 3.05) is 30.4 Å². The number of nitrogen functional groups attached to an aromatic ring is 1. The highest BCUT2D eigenvalue weighted by molar-refractivity contribution is 6.01. The van der Waals surface area contributed by atoms with E-state index in [0.717, 1.165) is 42.9 Å². The van der Waals surface area contributed by atoms with Gasteiger partial charge in [-0.2, -0.15) is 0 Å². The smallest absolute Gasteiger partial charge is 0.0670 e. The third kappa shape index (κ3) is 2.20. The highest BCUT2D eigenvalue weighted by Gasteiger charge is 2.23. The van der Waals surface area contributed by atoms with E-state index >= 15 is 0 Å². The van der Waals surface area contributed by atoms with Gasteiger partial charge in [0.1, 0.15) is 0 Å². The number of morpholine rings is 1. The zero-order valence-electron chi connectivity index (χ0n) is 12.1. The molecule has 0 spiro atoms. The minimum atomic E-state index is 0.434. The molecule has 2 aromatic rings. The normalized spacial score (nSPS) is 19.5. The third-order valence-electron chi connectivity index (χ3n) is 4.06. The predicted octanol–water partition coefficient (Wildman–Crippen LogP) is 2.74. The Morgan fingerprint density at radius 2 is 2.25 bits per heavy atom. The monoisotopic (exact) mass is 271 g/mol. The lowest BCUT2D eigenvalue weighted by molar-refractivity contribution is 0.0931. The molecule has 1 atom stereocenters. The number of pyridine rings is 1. The molecule has 4 nitrogen and oxygen atoms in total. The van der Waals surface area contributed by atoms with E-state index in [1.807, 2.05) is 19.2 Å². The fraction of sp³-hybridized carbons (Fsp3) is 0.438. The molecule has 2 N–H and O–H groups in total. The lowest BCUT2D eigenvalue weighted by Gasteiger charge is -2.37. The molecule has 1 unspecified atom stereocenters. The summed E-state index contributed by atoms with van der Waals surface area (Å²) in [5.74, 6) is 0. The van der Waals surface area contributed by atoms with Crippen molar-refractivity contribution in [1.29, 1.82) is 0 Å². The molecule has 1 aromatic carbocycles. The zero-order chi connectivity index (χ0) is 14.1. The summed E-state index contributed by atoms with van der Waals surface area (Å²) in [6.45, 7) is 6.74. The Labute approximate surface area is 119 Å². The van der Waals surface area contributed by atoms with Gasteiger partial charge in [-0.05, 0) is 31.5 Å². The number of ether oxygens (including phenoxy) is 1. The van der Waals surface area contributed by atoms with Gasteiger partial charge in [-0.3, -0.25) is 4.98 Å². The number of anilines is 2. The maximum atomic E-state index is 6.09. The van der Waals surface area contributed by atoms with Crippen LogP contribution in [0.2, 0.25) is 0 Å².